The first kappa shape index (κ1) is 13.1. The molecule has 0 bridgehead atoms. The Balaban J connectivity index is 2.20. The van der Waals surface area contributed by atoms with Crippen molar-refractivity contribution in [1.82, 2.24) is 5.32 Å². The zero-order valence-electron chi connectivity index (χ0n) is 11.1. The molecule has 0 saturated heterocycles. The molecule has 1 amide bonds. The van der Waals surface area contributed by atoms with Crippen LogP contribution in [0.1, 0.15) is 30.5 Å². The SMILES string of the molecule is CCNCC(N)c1ccc2c(c1)CCC(=O)N2C. The predicted molar refractivity (Wildman–Crippen MR) is 73.6 cm³/mol. The lowest BCUT2D eigenvalue weighted by Crippen LogP contribution is -2.31. The number of hydrogen-bond donors (Lipinski definition) is 2. The normalized spacial score (nSPS) is 16.6. The maximum absolute atomic E-state index is 11.6. The minimum absolute atomic E-state index is 0.0122. The van der Waals surface area contributed by atoms with E-state index in [9.17, 15) is 4.79 Å². The smallest absolute Gasteiger partial charge is 0.227 e. The van der Waals surface area contributed by atoms with E-state index in [4.69, 9.17) is 5.73 Å². The Bertz CT molecular complexity index is 445. The van der Waals surface area contributed by atoms with Crippen molar-refractivity contribution >= 4 is 11.6 Å². The number of anilines is 1. The number of likely N-dealkylation sites (N-methyl/N-ethyl adjacent to an activating group) is 1. The number of nitrogens with zero attached hydrogens (tertiary/aromatic N) is 1. The second kappa shape index (κ2) is 5.50. The minimum Gasteiger partial charge on any atom is -0.323 e. The summed E-state index contributed by atoms with van der Waals surface area (Å²) >= 11 is 0. The van der Waals surface area contributed by atoms with Crippen LogP contribution in [0.5, 0.6) is 0 Å². The van der Waals surface area contributed by atoms with Crippen LogP contribution >= 0.6 is 0 Å². The highest BCUT2D eigenvalue weighted by Crippen LogP contribution is 2.28. The molecule has 0 aliphatic carbocycles. The minimum atomic E-state index is 0.0122. The van der Waals surface area contributed by atoms with Gasteiger partial charge in [-0.25, -0.2) is 0 Å². The highest BCUT2D eigenvalue weighted by Gasteiger charge is 2.21. The molecule has 4 heteroatoms. The highest BCUT2D eigenvalue weighted by atomic mass is 16.2. The van der Waals surface area contributed by atoms with E-state index in [2.05, 4.69) is 18.3 Å². The van der Waals surface area contributed by atoms with Gasteiger partial charge >= 0.3 is 0 Å². The first-order chi connectivity index (χ1) is 8.63. The van der Waals surface area contributed by atoms with E-state index in [1.807, 2.05) is 19.2 Å². The topological polar surface area (TPSA) is 58.4 Å². The molecule has 1 unspecified atom stereocenters. The number of carbonyl (C=O) groups is 1. The number of carbonyl (C=O) groups excluding carboxylic acids is 1. The molecule has 2 rings (SSSR count). The van der Waals surface area contributed by atoms with Gasteiger partial charge in [0.2, 0.25) is 5.91 Å². The van der Waals surface area contributed by atoms with E-state index < -0.39 is 0 Å². The first-order valence-corrected chi connectivity index (χ1v) is 6.49. The number of fused-ring (bicyclic) bond motifs is 1. The average molecular weight is 247 g/mol. The Hall–Kier alpha value is -1.39. The van der Waals surface area contributed by atoms with Gasteiger partial charge in [-0.2, -0.15) is 0 Å². The fourth-order valence-electron chi connectivity index (χ4n) is 2.32. The first-order valence-electron chi connectivity index (χ1n) is 6.49. The maximum atomic E-state index is 11.6. The van der Waals surface area contributed by atoms with Crippen LogP contribution in [0, 0.1) is 0 Å². The van der Waals surface area contributed by atoms with Gasteiger partial charge in [0.15, 0.2) is 0 Å². The molecule has 0 spiro atoms. The standard InChI is InChI=1S/C14H21N3O/c1-3-16-9-12(15)10-4-6-13-11(8-10)5-7-14(18)17(13)2/h4,6,8,12,16H,3,5,7,9,15H2,1-2H3. The lowest BCUT2D eigenvalue weighted by Gasteiger charge is -2.27. The van der Waals surface area contributed by atoms with Gasteiger partial charge in [-0.15, -0.1) is 0 Å². The lowest BCUT2D eigenvalue weighted by atomic mass is 9.96. The summed E-state index contributed by atoms with van der Waals surface area (Å²) in [5.74, 6) is 0.187. The molecule has 1 aromatic carbocycles. The van der Waals surface area contributed by atoms with Gasteiger partial charge in [0.25, 0.3) is 0 Å². The fraction of sp³-hybridized carbons (Fsp3) is 0.500. The number of nitrogens with one attached hydrogen (secondary N) is 1. The van der Waals surface area contributed by atoms with Gasteiger partial charge < -0.3 is 16.0 Å². The molecule has 98 valence electrons. The summed E-state index contributed by atoms with van der Waals surface area (Å²) in [5, 5.41) is 3.25. The molecule has 0 aromatic heterocycles. The Morgan fingerprint density at radius 2 is 2.22 bits per heavy atom. The van der Waals surface area contributed by atoms with Crippen LogP contribution in [0.4, 0.5) is 5.69 Å². The molecule has 0 saturated carbocycles. The van der Waals surface area contributed by atoms with Crippen molar-refractivity contribution in [3.05, 3.63) is 29.3 Å². The number of amides is 1. The summed E-state index contributed by atoms with van der Waals surface area (Å²) in [6.45, 7) is 3.78. The van der Waals surface area contributed by atoms with Gasteiger partial charge in [-0.05, 0) is 30.2 Å². The van der Waals surface area contributed by atoms with E-state index in [-0.39, 0.29) is 11.9 Å². The summed E-state index contributed by atoms with van der Waals surface area (Å²) in [6, 6.07) is 6.18. The van der Waals surface area contributed by atoms with Gasteiger partial charge in [0.1, 0.15) is 0 Å². The number of hydrogen-bond acceptors (Lipinski definition) is 3. The molecule has 0 radical (unpaired) electrons. The van der Waals surface area contributed by atoms with Crippen LogP contribution in [0.3, 0.4) is 0 Å². The Kier molecular flexibility index (Phi) is 3.99. The number of rotatable bonds is 4. The molecule has 1 aliphatic rings. The van der Waals surface area contributed by atoms with Crippen molar-refractivity contribution in [2.45, 2.75) is 25.8 Å². The number of aryl methyl sites for hydroxylation is 1. The maximum Gasteiger partial charge on any atom is 0.227 e. The Labute approximate surface area is 108 Å². The third-order valence-corrected chi connectivity index (χ3v) is 3.49. The molecule has 3 N–H and O–H groups in total. The third kappa shape index (κ3) is 2.54. The molecule has 1 atom stereocenters. The molecular weight excluding hydrogens is 226 g/mol. The summed E-state index contributed by atoms with van der Waals surface area (Å²) in [5.41, 5.74) is 9.51. The highest BCUT2D eigenvalue weighted by molar-refractivity contribution is 5.95. The summed E-state index contributed by atoms with van der Waals surface area (Å²) < 4.78 is 0. The molecule has 1 heterocycles. The van der Waals surface area contributed by atoms with Crippen LogP contribution in [0.2, 0.25) is 0 Å². The molecular formula is C14H21N3O. The van der Waals surface area contributed by atoms with E-state index >= 15 is 0 Å². The Morgan fingerprint density at radius 1 is 1.44 bits per heavy atom. The molecule has 1 aliphatic heterocycles. The van der Waals surface area contributed by atoms with Crippen LogP contribution in [-0.2, 0) is 11.2 Å². The van der Waals surface area contributed by atoms with Gasteiger partial charge in [0.05, 0.1) is 0 Å². The monoisotopic (exact) mass is 247 g/mol. The Morgan fingerprint density at radius 3 is 2.94 bits per heavy atom. The molecule has 0 fully saturated rings. The second-order valence-corrected chi connectivity index (χ2v) is 4.76. The lowest BCUT2D eigenvalue weighted by molar-refractivity contribution is -0.118. The summed E-state index contributed by atoms with van der Waals surface area (Å²) in [4.78, 5) is 13.3. The zero-order chi connectivity index (χ0) is 13.1. The van der Waals surface area contributed by atoms with Crippen molar-refractivity contribution in [3.63, 3.8) is 0 Å². The van der Waals surface area contributed by atoms with Crippen molar-refractivity contribution in [2.24, 2.45) is 5.73 Å². The van der Waals surface area contributed by atoms with Crippen molar-refractivity contribution < 1.29 is 4.79 Å². The fourth-order valence-corrected chi connectivity index (χ4v) is 2.32. The molecule has 1 aromatic rings. The van der Waals surface area contributed by atoms with Gasteiger partial charge in [-0.1, -0.05) is 19.1 Å². The second-order valence-electron chi connectivity index (χ2n) is 4.76. The number of nitrogens with two attached hydrogens (primary N) is 1. The van der Waals surface area contributed by atoms with Crippen molar-refractivity contribution in [1.29, 1.82) is 0 Å². The summed E-state index contributed by atoms with van der Waals surface area (Å²) in [6.07, 6.45) is 1.41. The third-order valence-electron chi connectivity index (χ3n) is 3.49. The van der Waals surface area contributed by atoms with E-state index in [0.29, 0.717) is 6.42 Å². The van der Waals surface area contributed by atoms with Crippen LogP contribution in [0.15, 0.2) is 18.2 Å². The van der Waals surface area contributed by atoms with Crippen LogP contribution < -0.4 is 16.0 Å². The quantitative estimate of drug-likeness (QED) is 0.840. The van der Waals surface area contributed by atoms with Gasteiger partial charge in [0, 0.05) is 31.7 Å². The van der Waals surface area contributed by atoms with Crippen molar-refractivity contribution in [2.75, 3.05) is 25.0 Å². The largest absolute Gasteiger partial charge is 0.323 e. The van der Waals surface area contributed by atoms with Crippen molar-refractivity contribution in [3.8, 4) is 0 Å². The molecule has 4 nitrogen and oxygen atoms in total. The van der Waals surface area contributed by atoms with E-state index in [1.54, 1.807) is 4.90 Å². The summed E-state index contributed by atoms with van der Waals surface area (Å²) in [7, 11) is 1.83. The average Bonchev–Trinajstić information content (AvgIpc) is 2.40. The van der Waals surface area contributed by atoms with E-state index in [1.165, 1.54) is 5.56 Å². The van der Waals surface area contributed by atoms with E-state index in [0.717, 1.165) is 30.8 Å². The zero-order valence-corrected chi connectivity index (χ0v) is 11.1. The van der Waals surface area contributed by atoms with Crippen LogP contribution in [-0.4, -0.2) is 26.0 Å². The molecule has 18 heavy (non-hydrogen) atoms. The van der Waals surface area contributed by atoms with Gasteiger partial charge in [-0.3, -0.25) is 4.79 Å². The number of benzene rings is 1. The van der Waals surface area contributed by atoms with Crippen LogP contribution in [0.25, 0.3) is 0 Å². The predicted octanol–water partition coefficient (Wildman–Crippen LogP) is 1.20.